The van der Waals surface area contributed by atoms with Crippen LogP contribution in [-0.4, -0.2) is 24.6 Å². The van der Waals surface area contributed by atoms with Crippen LogP contribution >= 0.6 is 0 Å². The van der Waals surface area contributed by atoms with Crippen LogP contribution in [0, 0.1) is 5.92 Å². The van der Waals surface area contributed by atoms with Crippen LogP contribution in [0.15, 0.2) is 18.3 Å². The Hall–Kier alpha value is -1.09. The average molecular weight is 261 g/mol. The van der Waals surface area contributed by atoms with Gasteiger partial charge in [-0.2, -0.15) is 0 Å². The summed E-state index contributed by atoms with van der Waals surface area (Å²) in [6.07, 6.45) is 7.40. The van der Waals surface area contributed by atoms with Crippen LogP contribution < -0.4 is 10.2 Å². The molecule has 1 heterocycles. The van der Waals surface area contributed by atoms with Crippen LogP contribution in [0.3, 0.4) is 0 Å². The summed E-state index contributed by atoms with van der Waals surface area (Å²) in [7, 11) is 1.97. The number of nitrogens with zero attached hydrogens (tertiary/aromatic N) is 2. The van der Waals surface area contributed by atoms with E-state index in [-0.39, 0.29) is 0 Å². The quantitative estimate of drug-likeness (QED) is 0.852. The molecule has 0 amide bonds. The third kappa shape index (κ3) is 3.93. The highest BCUT2D eigenvalue weighted by molar-refractivity contribution is 5.41. The Labute approximate surface area is 117 Å². The van der Waals surface area contributed by atoms with Crippen LogP contribution in [0.25, 0.3) is 0 Å². The molecule has 2 rings (SSSR count). The SMILES string of the molecule is CNCc1ccc(N(CC(C)C)C2CCCC2)nc1. The summed E-state index contributed by atoms with van der Waals surface area (Å²) in [6.45, 7) is 6.58. The van der Waals surface area contributed by atoms with E-state index in [2.05, 4.69) is 41.2 Å². The van der Waals surface area contributed by atoms with Crippen LogP contribution in [0.1, 0.15) is 45.1 Å². The van der Waals surface area contributed by atoms with Crippen molar-refractivity contribution in [1.29, 1.82) is 0 Å². The van der Waals surface area contributed by atoms with Gasteiger partial charge in [-0.3, -0.25) is 0 Å². The fraction of sp³-hybridized carbons (Fsp3) is 0.688. The van der Waals surface area contributed by atoms with Crippen molar-refractivity contribution in [2.24, 2.45) is 5.92 Å². The first kappa shape index (κ1) is 14.3. The first-order valence-corrected chi connectivity index (χ1v) is 7.57. The third-order valence-corrected chi connectivity index (χ3v) is 3.81. The molecule has 1 fully saturated rings. The number of nitrogens with one attached hydrogen (secondary N) is 1. The first-order valence-electron chi connectivity index (χ1n) is 7.57. The lowest BCUT2D eigenvalue weighted by Crippen LogP contribution is -2.36. The molecule has 0 saturated heterocycles. The van der Waals surface area contributed by atoms with Gasteiger partial charge in [-0.25, -0.2) is 4.98 Å². The summed E-state index contributed by atoms with van der Waals surface area (Å²) in [5.74, 6) is 1.83. The topological polar surface area (TPSA) is 28.2 Å². The maximum atomic E-state index is 4.68. The van der Waals surface area contributed by atoms with E-state index in [0.29, 0.717) is 12.0 Å². The number of anilines is 1. The summed E-state index contributed by atoms with van der Waals surface area (Å²) in [5, 5.41) is 3.17. The molecule has 0 aliphatic heterocycles. The highest BCUT2D eigenvalue weighted by Gasteiger charge is 2.24. The van der Waals surface area contributed by atoms with Gasteiger partial charge in [-0.05, 0) is 37.4 Å². The number of hydrogen-bond donors (Lipinski definition) is 1. The zero-order valence-corrected chi connectivity index (χ0v) is 12.5. The number of hydrogen-bond acceptors (Lipinski definition) is 3. The van der Waals surface area contributed by atoms with Gasteiger partial charge in [0.25, 0.3) is 0 Å². The van der Waals surface area contributed by atoms with E-state index in [4.69, 9.17) is 0 Å². The van der Waals surface area contributed by atoms with Crippen LogP contribution in [0.4, 0.5) is 5.82 Å². The van der Waals surface area contributed by atoms with Crippen molar-refractivity contribution < 1.29 is 0 Å². The second kappa shape index (κ2) is 6.90. The zero-order valence-electron chi connectivity index (χ0n) is 12.5. The third-order valence-electron chi connectivity index (χ3n) is 3.81. The van der Waals surface area contributed by atoms with Crippen molar-refractivity contribution in [3.63, 3.8) is 0 Å². The molecule has 106 valence electrons. The molecule has 3 nitrogen and oxygen atoms in total. The lowest BCUT2D eigenvalue weighted by molar-refractivity contribution is 0.531. The lowest BCUT2D eigenvalue weighted by atomic mass is 10.1. The Morgan fingerprint density at radius 3 is 2.58 bits per heavy atom. The molecule has 0 atom stereocenters. The predicted molar refractivity (Wildman–Crippen MR) is 81.4 cm³/mol. The van der Waals surface area contributed by atoms with Gasteiger partial charge < -0.3 is 10.2 Å². The molecule has 19 heavy (non-hydrogen) atoms. The van der Waals surface area contributed by atoms with E-state index in [1.54, 1.807) is 0 Å². The molecular formula is C16H27N3. The van der Waals surface area contributed by atoms with Crippen molar-refractivity contribution in [2.75, 3.05) is 18.5 Å². The molecule has 1 saturated carbocycles. The molecule has 0 radical (unpaired) electrons. The predicted octanol–water partition coefficient (Wildman–Crippen LogP) is 3.21. The van der Waals surface area contributed by atoms with Crippen molar-refractivity contribution in [1.82, 2.24) is 10.3 Å². The van der Waals surface area contributed by atoms with Gasteiger partial charge in [0.15, 0.2) is 0 Å². The monoisotopic (exact) mass is 261 g/mol. The first-order chi connectivity index (χ1) is 9.20. The minimum absolute atomic E-state index is 0.680. The maximum Gasteiger partial charge on any atom is 0.128 e. The molecule has 3 heteroatoms. The Morgan fingerprint density at radius 1 is 1.32 bits per heavy atom. The summed E-state index contributed by atoms with van der Waals surface area (Å²) >= 11 is 0. The normalized spacial score (nSPS) is 16.2. The van der Waals surface area contributed by atoms with Crippen LogP contribution in [-0.2, 0) is 6.54 Å². The number of pyridine rings is 1. The van der Waals surface area contributed by atoms with Gasteiger partial charge >= 0.3 is 0 Å². The zero-order chi connectivity index (χ0) is 13.7. The fourth-order valence-electron chi connectivity index (χ4n) is 2.93. The van der Waals surface area contributed by atoms with E-state index in [0.717, 1.165) is 18.9 Å². The molecule has 0 unspecified atom stereocenters. The highest BCUT2D eigenvalue weighted by Crippen LogP contribution is 2.28. The van der Waals surface area contributed by atoms with Gasteiger partial charge in [-0.1, -0.05) is 32.8 Å². The Morgan fingerprint density at radius 2 is 2.05 bits per heavy atom. The number of rotatable bonds is 6. The van der Waals surface area contributed by atoms with Gasteiger partial charge in [0.2, 0.25) is 0 Å². The standard InChI is InChI=1S/C16H27N3/c1-13(2)12-19(15-6-4-5-7-15)16-9-8-14(10-17-3)11-18-16/h8-9,11,13,15,17H,4-7,10,12H2,1-3H3. The minimum atomic E-state index is 0.680. The lowest BCUT2D eigenvalue weighted by Gasteiger charge is -2.31. The van der Waals surface area contributed by atoms with E-state index < -0.39 is 0 Å². The highest BCUT2D eigenvalue weighted by atomic mass is 15.2. The molecule has 1 aliphatic rings. The second-order valence-electron chi connectivity index (χ2n) is 6.04. The molecule has 1 aromatic heterocycles. The van der Waals surface area contributed by atoms with Gasteiger partial charge in [0.05, 0.1) is 0 Å². The molecular weight excluding hydrogens is 234 g/mol. The van der Waals surface area contributed by atoms with Gasteiger partial charge in [-0.15, -0.1) is 0 Å². The van der Waals surface area contributed by atoms with E-state index in [1.807, 2.05) is 13.2 Å². The van der Waals surface area contributed by atoms with E-state index >= 15 is 0 Å². The Bertz CT molecular complexity index is 366. The molecule has 1 aliphatic carbocycles. The van der Waals surface area contributed by atoms with E-state index in [1.165, 1.54) is 31.2 Å². The fourth-order valence-corrected chi connectivity index (χ4v) is 2.93. The molecule has 0 aromatic carbocycles. The molecule has 0 spiro atoms. The molecule has 1 N–H and O–H groups in total. The van der Waals surface area contributed by atoms with E-state index in [9.17, 15) is 0 Å². The largest absolute Gasteiger partial charge is 0.353 e. The van der Waals surface area contributed by atoms with Crippen molar-refractivity contribution in [3.8, 4) is 0 Å². The smallest absolute Gasteiger partial charge is 0.128 e. The summed E-state index contributed by atoms with van der Waals surface area (Å²) in [4.78, 5) is 7.21. The summed E-state index contributed by atoms with van der Waals surface area (Å²) in [6, 6.07) is 5.08. The minimum Gasteiger partial charge on any atom is -0.353 e. The van der Waals surface area contributed by atoms with Crippen molar-refractivity contribution in [3.05, 3.63) is 23.9 Å². The van der Waals surface area contributed by atoms with Crippen LogP contribution in [0.5, 0.6) is 0 Å². The Kier molecular flexibility index (Phi) is 5.20. The van der Waals surface area contributed by atoms with Crippen molar-refractivity contribution >= 4 is 5.82 Å². The maximum absolute atomic E-state index is 4.68. The number of aromatic nitrogens is 1. The summed E-state index contributed by atoms with van der Waals surface area (Å²) in [5.41, 5.74) is 1.25. The molecule has 0 bridgehead atoms. The Balaban J connectivity index is 2.12. The van der Waals surface area contributed by atoms with Gasteiger partial charge in [0.1, 0.15) is 5.82 Å². The van der Waals surface area contributed by atoms with Crippen molar-refractivity contribution in [2.45, 2.75) is 52.1 Å². The second-order valence-corrected chi connectivity index (χ2v) is 6.04. The van der Waals surface area contributed by atoms with Crippen LogP contribution in [0.2, 0.25) is 0 Å². The molecule has 1 aromatic rings. The average Bonchev–Trinajstić information content (AvgIpc) is 2.91. The van der Waals surface area contributed by atoms with Gasteiger partial charge in [0, 0.05) is 25.3 Å². The summed E-state index contributed by atoms with van der Waals surface area (Å²) < 4.78 is 0.